The highest BCUT2D eigenvalue weighted by atomic mass is 79.9. The van der Waals surface area contributed by atoms with E-state index < -0.39 is 0 Å². The Morgan fingerprint density at radius 3 is 2.11 bits per heavy atom. The van der Waals surface area contributed by atoms with Gasteiger partial charge in [0.05, 0.1) is 0 Å². The van der Waals surface area contributed by atoms with Gasteiger partial charge in [0.25, 0.3) is 0 Å². The second-order valence-electron chi connectivity index (χ2n) is 4.87. The number of hydrogen-bond donors (Lipinski definition) is 1. The standard InChI is InChI=1S/C15H23Br2N/c1-2-3-4-5-6-7-8-15(18)12-9-13(16)11-14(17)10-12/h9-11,15H,2-8,18H2,1H3. The molecule has 1 atom stereocenters. The van der Waals surface area contributed by atoms with E-state index in [1.165, 1.54) is 44.1 Å². The molecule has 0 aromatic heterocycles. The van der Waals surface area contributed by atoms with Crippen LogP contribution in [0.3, 0.4) is 0 Å². The zero-order valence-corrected chi connectivity index (χ0v) is 14.3. The quantitative estimate of drug-likeness (QED) is 0.556. The van der Waals surface area contributed by atoms with Gasteiger partial charge in [-0.25, -0.2) is 0 Å². The molecule has 2 N–H and O–H groups in total. The van der Waals surface area contributed by atoms with Crippen molar-refractivity contribution in [2.45, 2.75) is 57.9 Å². The Balaban J connectivity index is 2.29. The van der Waals surface area contributed by atoms with Gasteiger partial charge < -0.3 is 5.73 Å². The van der Waals surface area contributed by atoms with Crippen molar-refractivity contribution in [1.29, 1.82) is 0 Å². The molecule has 1 unspecified atom stereocenters. The van der Waals surface area contributed by atoms with Gasteiger partial charge in [-0.2, -0.15) is 0 Å². The third-order valence-corrected chi connectivity index (χ3v) is 4.10. The topological polar surface area (TPSA) is 26.0 Å². The number of benzene rings is 1. The minimum absolute atomic E-state index is 0.157. The van der Waals surface area contributed by atoms with E-state index in [-0.39, 0.29) is 6.04 Å². The van der Waals surface area contributed by atoms with E-state index >= 15 is 0 Å². The van der Waals surface area contributed by atoms with Crippen molar-refractivity contribution in [2.24, 2.45) is 5.73 Å². The lowest BCUT2D eigenvalue weighted by Crippen LogP contribution is -2.10. The van der Waals surface area contributed by atoms with E-state index in [9.17, 15) is 0 Å². The summed E-state index contributed by atoms with van der Waals surface area (Å²) in [6.07, 6.45) is 9.01. The van der Waals surface area contributed by atoms with E-state index in [1.54, 1.807) is 0 Å². The maximum absolute atomic E-state index is 6.23. The first-order chi connectivity index (χ1) is 8.63. The van der Waals surface area contributed by atoms with Gasteiger partial charge in [-0.05, 0) is 30.2 Å². The van der Waals surface area contributed by atoms with Crippen molar-refractivity contribution in [2.75, 3.05) is 0 Å². The molecule has 1 rings (SSSR count). The second kappa shape index (κ2) is 9.11. The Morgan fingerprint density at radius 1 is 0.944 bits per heavy atom. The highest BCUT2D eigenvalue weighted by molar-refractivity contribution is 9.11. The van der Waals surface area contributed by atoms with Crippen LogP contribution in [0.2, 0.25) is 0 Å². The lowest BCUT2D eigenvalue weighted by molar-refractivity contribution is 0.547. The molecule has 18 heavy (non-hydrogen) atoms. The summed E-state index contributed by atoms with van der Waals surface area (Å²) in [5, 5.41) is 0. The van der Waals surface area contributed by atoms with E-state index in [0.29, 0.717) is 0 Å². The highest BCUT2D eigenvalue weighted by Crippen LogP contribution is 2.25. The van der Waals surface area contributed by atoms with Crippen molar-refractivity contribution >= 4 is 31.9 Å². The van der Waals surface area contributed by atoms with Crippen LogP contribution in [-0.4, -0.2) is 0 Å². The molecule has 0 amide bonds. The molecule has 0 fully saturated rings. The van der Waals surface area contributed by atoms with Crippen molar-refractivity contribution in [3.63, 3.8) is 0 Å². The summed E-state index contributed by atoms with van der Waals surface area (Å²) in [6.45, 7) is 2.25. The Bertz CT molecular complexity index is 332. The summed E-state index contributed by atoms with van der Waals surface area (Å²) in [4.78, 5) is 0. The smallest absolute Gasteiger partial charge is 0.0295 e. The minimum Gasteiger partial charge on any atom is -0.324 e. The maximum Gasteiger partial charge on any atom is 0.0295 e. The fraction of sp³-hybridized carbons (Fsp3) is 0.600. The second-order valence-corrected chi connectivity index (χ2v) is 6.70. The molecule has 0 radical (unpaired) electrons. The molecule has 0 saturated carbocycles. The molecule has 0 spiro atoms. The average Bonchev–Trinajstić information content (AvgIpc) is 2.32. The summed E-state index contributed by atoms with van der Waals surface area (Å²) < 4.78 is 2.18. The van der Waals surface area contributed by atoms with Gasteiger partial charge in [0.2, 0.25) is 0 Å². The molecule has 102 valence electrons. The first-order valence-corrected chi connectivity index (χ1v) is 8.43. The van der Waals surface area contributed by atoms with Crippen molar-refractivity contribution in [1.82, 2.24) is 0 Å². The molecule has 1 aromatic carbocycles. The van der Waals surface area contributed by atoms with E-state index in [4.69, 9.17) is 5.73 Å². The van der Waals surface area contributed by atoms with Crippen molar-refractivity contribution < 1.29 is 0 Å². The summed E-state index contributed by atoms with van der Waals surface area (Å²) in [5.74, 6) is 0. The summed E-state index contributed by atoms with van der Waals surface area (Å²) in [6, 6.07) is 6.44. The molecule has 0 heterocycles. The Labute approximate surface area is 128 Å². The normalized spacial score (nSPS) is 12.7. The van der Waals surface area contributed by atoms with E-state index in [1.807, 2.05) is 6.07 Å². The monoisotopic (exact) mass is 375 g/mol. The van der Waals surface area contributed by atoms with Gasteiger partial charge in [-0.3, -0.25) is 0 Å². The van der Waals surface area contributed by atoms with Gasteiger partial charge in [0.1, 0.15) is 0 Å². The van der Waals surface area contributed by atoms with Crippen molar-refractivity contribution in [3.8, 4) is 0 Å². The molecule has 0 saturated heterocycles. The van der Waals surface area contributed by atoms with Crippen LogP contribution in [0.1, 0.15) is 63.5 Å². The molecule has 1 aromatic rings. The summed E-state index contributed by atoms with van der Waals surface area (Å²) in [7, 11) is 0. The number of unbranched alkanes of at least 4 members (excludes halogenated alkanes) is 5. The highest BCUT2D eigenvalue weighted by Gasteiger charge is 2.07. The fourth-order valence-electron chi connectivity index (χ4n) is 2.10. The van der Waals surface area contributed by atoms with Gasteiger partial charge in [0, 0.05) is 15.0 Å². The lowest BCUT2D eigenvalue weighted by Gasteiger charge is -2.13. The zero-order chi connectivity index (χ0) is 13.4. The van der Waals surface area contributed by atoms with Crippen LogP contribution in [0.15, 0.2) is 27.1 Å². The molecular formula is C15H23Br2N. The SMILES string of the molecule is CCCCCCCCC(N)c1cc(Br)cc(Br)c1. The minimum atomic E-state index is 0.157. The van der Waals surface area contributed by atoms with Crippen LogP contribution in [-0.2, 0) is 0 Å². The number of halogens is 2. The Kier molecular flexibility index (Phi) is 8.20. The predicted octanol–water partition coefficient (Wildman–Crippen LogP) is 5.96. The number of rotatable bonds is 8. The van der Waals surface area contributed by atoms with E-state index in [0.717, 1.165) is 15.4 Å². The van der Waals surface area contributed by atoms with Crippen LogP contribution in [0.25, 0.3) is 0 Å². The third-order valence-electron chi connectivity index (χ3n) is 3.18. The van der Waals surface area contributed by atoms with Gasteiger partial charge in [0.15, 0.2) is 0 Å². The van der Waals surface area contributed by atoms with Crippen LogP contribution in [0, 0.1) is 0 Å². The van der Waals surface area contributed by atoms with E-state index in [2.05, 4.69) is 50.9 Å². The maximum atomic E-state index is 6.23. The van der Waals surface area contributed by atoms with Crippen LogP contribution >= 0.6 is 31.9 Å². The summed E-state index contributed by atoms with van der Waals surface area (Å²) in [5.41, 5.74) is 7.44. The number of hydrogen-bond acceptors (Lipinski definition) is 1. The summed E-state index contributed by atoms with van der Waals surface area (Å²) >= 11 is 7.01. The Hall–Kier alpha value is 0.140. The van der Waals surface area contributed by atoms with Crippen LogP contribution in [0.4, 0.5) is 0 Å². The molecular weight excluding hydrogens is 354 g/mol. The first kappa shape index (κ1) is 16.2. The predicted molar refractivity (Wildman–Crippen MR) is 86.8 cm³/mol. The largest absolute Gasteiger partial charge is 0.324 e. The van der Waals surface area contributed by atoms with Crippen LogP contribution < -0.4 is 5.73 Å². The van der Waals surface area contributed by atoms with Gasteiger partial charge >= 0.3 is 0 Å². The zero-order valence-electron chi connectivity index (χ0n) is 11.1. The first-order valence-electron chi connectivity index (χ1n) is 6.85. The molecule has 0 bridgehead atoms. The molecule has 3 heteroatoms. The fourth-order valence-corrected chi connectivity index (χ4v) is 3.43. The third kappa shape index (κ3) is 6.35. The molecule has 0 aliphatic heterocycles. The molecule has 1 nitrogen and oxygen atoms in total. The number of nitrogens with two attached hydrogens (primary N) is 1. The average molecular weight is 377 g/mol. The van der Waals surface area contributed by atoms with Crippen molar-refractivity contribution in [3.05, 3.63) is 32.7 Å². The molecule has 0 aliphatic rings. The van der Waals surface area contributed by atoms with Gasteiger partial charge in [-0.15, -0.1) is 0 Å². The Morgan fingerprint density at radius 2 is 1.50 bits per heavy atom. The molecule has 0 aliphatic carbocycles. The van der Waals surface area contributed by atoms with Crippen LogP contribution in [0.5, 0.6) is 0 Å². The van der Waals surface area contributed by atoms with Gasteiger partial charge in [-0.1, -0.05) is 77.3 Å². The lowest BCUT2D eigenvalue weighted by atomic mass is 10.0.